The number of pyridine rings is 1. The largest absolute Gasteiger partial charge is 0.326 e. The number of aryl methyl sites for hydroxylation is 3. The Bertz CT molecular complexity index is 656. The van der Waals surface area contributed by atoms with Crippen LogP contribution in [0.2, 0.25) is 0 Å². The molecule has 0 radical (unpaired) electrons. The van der Waals surface area contributed by atoms with Crippen LogP contribution < -0.4 is 11.3 Å². The molecule has 0 aliphatic rings. The highest BCUT2D eigenvalue weighted by Crippen LogP contribution is 2.12. The Kier molecular flexibility index (Phi) is 3.86. The van der Waals surface area contributed by atoms with Crippen LogP contribution in [0.4, 0.5) is 0 Å². The molecule has 0 saturated carbocycles. The minimum atomic E-state index is 0.0170. The van der Waals surface area contributed by atoms with E-state index >= 15 is 0 Å². The molecular weight excluding hydrogens is 236 g/mol. The smallest absolute Gasteiger partial charge is 0.255 e. The van der Waals surface area contributed by atoms with Gasteiger partial charge in [0.2, 0.25) is 0 Å². The highest BCUT2D eigenvalue weighted by Gasteiger charge is 2.07. The summed E-state index contributed by atoms with van der Waals surface area (Å²) in [7, 11) is 0. The molecule has 2 aromatic rings. The van der Waals surface area contributed by atoms with Gasteiger partial charge in [0.05, 0.1) is 6.54 Å². The zero-order valence-electron chi connectivity index (χ0n) is 11.7. The van der Waals surface area contributed by atoms with Crippen LogP contribution in [-0.2, 0) is 13.1 Å². The van der Waals surface area contributed by atoms with E-state index in [2.05, 4.69) is 32.0 Å². The van der Waals surface area contributed by atoms with Crippen molar-refractivity contribution in [3.63, 3.8) is 0 Å². The van der Waals surface area contributed by atoms with Crippen molar-refractivity contribution in [3.8, 4) is 0 Å². The summed E-state index contributed by atoms with van der Waals surface area (Å²) in [5.74, 6) is 0. The number of nitrogens with zero attached hydrogens (tertiary/aromatic N) is 1. The molecule has 0 saturated heterocycles. The second kappa shape index (κ2) is 5.41. The van der Waals surface area contributed by atoms with E-state index in [0.29, 0.717) is 12.1 Å². The summed E-state index contributed by atoms with van der Waals surface area (Å²) in [5.41, 5.74) is 10.8. The van der Waals surface area contributed by atoms with E-state index in [1.54, 1.807) is 4.57 Å². The van der Waals surface area contributed by atoms with Crippen LogP contribution in [0.1, 0.15) is 27.9 Å². The Balaban J connectivity index is 2.49. The maximum atomic E-state index is 12.3. The SMILES string of the molecule is Cc1ccc(C)c(Cn2c(C)ccc(CN)c2=O)c1. The molecule has 0 amide bonds. The molecule has 0 aliphatic carbocycles. The van der Waals surface area contributed by atoms with Gasteiger partial charge in [-0.2, -0.15) is 0 Å². The van der Waals surface area contributed by atoms with Crippen LogP contribution in [-0.4, -0.2) is 4.57 Å². The molecule has 0 fully saturated rings. The van der Waals surface area contributed by atoms with Gasteiger partial charge < -0.3 is 10.3 Å². The van der Waals surface area contributed by atoms with Gasteiger partial charge in [-0.25, -0.2) is 0 Å². The third kappa shape index (κ3) is 2.76. The van der Waals surface area contributed by atoms with Crippen molar-refractivity contribution in [1.82, 2.24) is 4.57 Å². The van der Waals surface area contributed by atoms with Gasteiger partial charge in [-0.05, 0) is 38.0 Å². The number of hydrogen-bond donors (Lipinski definition) is 1. The lowest BCUT2D eigenvalue weighted by Crippen LogP contribution is -2.27. The second-order valence-corrected chi connectivity index (χ2v) is 5.03. The van der Waals surface area contributed by atoms with Gasteiger partial charge in [0, 0.05) is 17.8 Å². The molecule has 19 heavy (non-hydrogen) atoms. The van der Waals surface area contributed by atoms with Crippen LogP contribution in [0.25, 0.3) is 0 Å². The standard InChI is InChI=1S/C16H20N2O/c1-11-4-5-12(2)15(8-11)10-18-13(3)6-7-14(9-17)16(18)19/h4-8H,9-10,17H2,1-3H3. The van der Waals surface area contributed by atoms with Gasteiger partial charge in [-0.3, -0.25) is 4.79 Å². The van der Waals surface area contributed by atoms with Crippen LogP contribution in [0.15, 0.2) is 35.1 Å². The molecule has 3 heteroatoms. The first kappa shape index (κ1) is 13.6. The lowest BCUT2D eigenvalue weighted by molar-refractivity contribution is 0.713. The Labute approximate surface area is 113 Å². The molecule has 1 heterocycles. The monoisotopic (exact) mass is 256 g/mol. The van der Waals surface area contributed by atoms with Crippen molar-refractivity contribution < 1.29 is 0 Å². The molecule has 0 aliphatic heterocycles. The third-order valence-corrected chi connectivity index (χ3v) is 3.52. The fourth-order valence-electron chi connectivity index (χ4n) is 2.21. The quantitative estimate of drug-likeness (QED) is 0.916. The molecular formula is C16H20N2O. The average molecular weight is 256 g/mol. The normalized spacial score (nSPS) is 10.7. The predicted octanol–water partition coefficient (Wildman–Crippen LogP) is 2.28. The van der Waals surface area contributed by atoms with E-state index in [1.165, 1.54) is 16.7 Å². The highest BCUT2D eigenvalue weighted by molar-refractivity contribution is 5.31. The van der Waals surface area contributed by atoms with Gasteiger partial charge in [0.15, 0.2) is 0 Å². The van der Waals surface area contributed by atoms with E-state index in [4.69, 9.17) is 5.73 Å². The first-order valence-electron chi connectivity index (χ1n) is 6.48. The van der Waals surface area contributed by atoms with Gasteiger partial charge >= 0.3 is 0 Å². The van der Waals surface area contributed by atoms with Crippen LogP contribution >= 0.6 is 0 Å². The zero-order valence-corrected chi connectivity index (χ0v) is 11.7. The van der Waals surface area contributed by atoms with Crippen molar-refractivity contribution in [1.29, 1.82) is 0 Å². The van der Waals surface area contributed by atoms with Gasteiger partial charge in [-0.15, -0.1) is 0 Å². The van der Waals surface area contributed by atoms with E-state index in [0.717, 1.165) is 5.69 Å². The van der Waals surface area contributed by atoms with E-state index < -0.39 is 0 Å². The fourth-order valence-corrected chi connectivity index (χ4v) is 2.21. The molecule has 1 aromatic carbocycles. The maximum Gasteiger partial charge on any atom is 0.255 e. The molecule has 0 atom stereocenters. The Morgan fingerprint density at radius 3 is 2.47 bits per heavy atom. The topological polar surface area (TPSA) is 48.0 Å². The van der Waals surface area contributed by atoms with Gasteiger partial charge in [0.1, 0.15) is 0 Å². The van der Waals surface area contributed by atoms with Crippen molar-refractivity contribution in [2.24, 2.45) is 5.73 Å². The molecule has 2 rings (SSSR count). The number of aromatic nitrogens is 1. The molecule has 0 bridgehead atoms. The summed E-state index contributed by atoms with van der Waals surface area (Å²) in [5, 5.41) is 0. The zero-order chi connectivity index (χ0) is 14.0. The summed E-state index contributed by atoms with van der Waals surface area (Å²) in [4.78, 5) is 12.3. The summed E-state index contributed by atoms with van der Waals surface area (Å²) in [6.45, 7) is 6.97. The Hall–Kier alpha value is -1.87. The summed E-state index contributed by atoms with van der Waals surface area (Å²) in [6.07, 6.45) is 0. The summed E-state index contributed by atoms with van der Waals surface area (Å²) >= 11 is 0. The Morgan fingerprint density at radius 1 is 1.05 bits per heavy atom. The van der Waals surface area contributed by atoms with Crippen LogP contribution in [0.5, 0.6) is 0 Å². The number of benzene rings is 1. The minimum Gasteiger partial charge on any atom is -0.326 e. The summed E-state index contributed by atoms with van der Waals surface area (Å²) in [6, 6.07) is 10.1. The van der Waals surface area contributed by atoms with Crippen molar-refractivity contribution in [3.05, 3.63) is 68.6 Å². The van der Waals surface area contributed by atoms with Crippen LogP contribution in [0.3, 0.4) is 0 Å². The lowest BCUT2D eigenvalue weighted by Gasteiger charge is -2.14. The van der Waals surface area contributed by atoms with E-state index in [-0.39, 0.29) is 12.1 Å². The average Bonchev–Trinajstić information content (AvgIpc) is 2.38. The third-order valence-electron chi connectivity index (χ3n) is 3.52. The van der Waals surface area contributed by atoms with E-state index in [9.17, 15) is 4.79 Å². The predicted molar refractivity (Wildman–Crippen MR) is 78.3 cm³/mol. The lowest BCUT2D eigenvalue weighted by atomic mass is 10.1. The first-order chi connectivity index (χ1) is 9.02. The number of hydrogen-bond acceptors (Lipinski definition) is 2. The highest BCUT2D eigenvalue weighted by atomic mass is 16.1. The molecule has 2 N–H and O–H groups in total. The van der Waals surface area contributed by atoms with Crippen LogP contribution in [0, 0.1) is 20.8 Å². The van der Waals surface area contributed by atoms with Gasteiger partial charge in [0.25, 0.3) is 5.56 Å². The minimum absolute atomic E-state index is 0.0170. The first-order valence-corrected chi connectivity index (χ1v) is 6.48. The number of nitrogens with two attached hydrogens (primary N) is 1. The molecule has 3 nitrogen and oxygen atoms in total. The van der Waals surface area contributed by atoms with Crippen molar-refractivity contribution >= 4 is 0 Å². The maximum absolute atomic E-state index is 12.3. The number of rotatable bonds is 3. The summed E-state index contributed by atoms with van der Waals surface area (Å²) < 4.78 is 1.80. The van der Waals surface area contributed by atoms with Gasteiger partial charge in [-0.1, -0.05) is 29.8 Å². The molecule has 100 valence electrons. The van der Waals surface area contributed by atoms with Crippen molar-refractivity contribution in [2.75, 3.05) is 0 Å². The molecule has 0 spiro atoms. The van der Waals surface area contributed by atoms with Crippen molar-refractivity contribution in [2.45, 2.75) is 33.9 Å². The Morgan fingerprint density at radius 2 is 1.79 bits per heavy atom. The second-order valence-electron chi connectivity index (χ2n) is 5.03. The fraction of sp³-hybridized carbons (Fsp3) is 0.312. The molecule has 0 unspecified atom stereocenters. The molecule has 1 aromatic heterocycles. The van der Waals surface area contributed by atoms with E-state index in [1.807, 2.05) is 19.1 Å².